The lowest BCUT2D eigenvalue weighted by Crippen LogP contribution is -2.12. The molecule has 1 N–H and O–H groups in total. The first kappa shape index (κ1) is 18.3. The third kappa shape index (κ3) is 3.67. The van der Waals surface area contributed by atoms with Crippen molar-refractivity contribution in [1.29, 1.82) is 0 Å². The second-order valence-corrected chi connectivity index (χ2v) is 7.10. The van der Waals surface area contributed by atoms with E-state index in [4.69, 9.17) is 11.6 Å². The maximum Gasteiger partial charge on any atom is 0.255 e. The average molecular weight is 410 g/mol. The highest BCUT2D eigenvalue weighted by molar-refractivity contribution is 7.98. The van der Waals surface area contributed by atoms with E-state index in [1.165, 1.54) is 0 Å². The van der Waals surface area contributed by atoms with Crippen LogP contribution in [0.4, 0.5) is 5.69 Å². The Morgan fingerprint density at radius 1 is 1.11 bits per heavy atom. The molecule has 4 rings (SSSR count). The molecule has 6 nitrogen and oxygen atoms in total. The minimum Gasteiger partial charge on any atom is -0.322 e. The Hall–Kier alpha value is -3.03. The van der Waals surface area contributed by atoms with Crippen LogP contribution in [0.1, 0.15) is 10.4 Å². The Bertz CT molecular complexity index is 1110. The summed E-state index contributed by atoms with van der Waals surface area (Å²) >= 11 is 7.91. The molecule has 0 bridgehead atoms. The fourth-order valence-electron chi connectivity index (χ4n) is 2.81. The minimum atomic E-state index is -0.200. The predicted octanol–water partition coefficient (Wildman–Crippen LogP) is 4.69. The lowest BCUT2D eigenvalue weighted by Gasteiger charge is -2.10. The van der Waals surface area contributed by atoms with E-state index >= 15 is 0 Å². The van der Waals surface area contributed by atoms with Crippen molar-refractivity contribution in [1.82, 2.24) is 19.1 Å². The van der Waals surface area contributed by atoms with Gasteiger partial charge < -0.3 is 9.88 Å². The van der Waals surface area contributed by atoms with Crippen molar-refractivity contribution >= 4 is 35.0 Å². The first-order valence-electron chi connectivity index (χ1n) is 8.43. The molecule has 0 aliphatic carbocycles. The molecule has 0 fully saturated rings. The SMILES string of the molecule is CSc1nccn1-c1ccc(C(=O)Nc2ccc(-n3ccnc3)c(Cl)c2)cc1. The average Bonchev–Trinajstić information content (AvgIpc) is 3.40. The second kappa shape index (κ2) is 7.92. The van der Waals surface area contributed by atoms with E-state index in [1.54, 1.807) is 48.7 Å². The van der Waals surface area contributed by atoms with Crippen molar-refractivity contribution < 1.29 is 4.79 Å². The van der Waals surface area contributed by atoms with Crippen molar-refractivity contribution in [3.63, 3.8) is 0 Å². The van der Waals surface area contributed by atoms with Crippen LogP contribution >= 0.6 is 23.4 Å². The van der Waals surface area contributed by atoms with Crippen molar-refractivity contribution in [3.8, 4) is 11.4 Å². The lowest BCUT2D eigenvalue weighted by atomic mass is 10.2. The van der Waals surface area contributed by atoms with Gasteiger partial charge in [-0.15, -0.1) is 0 Å². The highest BCUT2D eigenvalue weighted by atomic mass is 35.5. The Balaban J connectivity index is 1.50. The number of anilines is 1. The summed E-state index contributed by atoms with van der Waals surface area (Å²) in [5, 5.41) is 4.29. The van der Waals surface area contributed by atoms with Gasteiger partial charge in [-0.25, -0.2) is 9.97 Å². The van der Waals surface area contributed by atoms with Crippen LogP contribution in [0.15, 0.2) is 78.7 Å². The van der Waals surface area contributed by atoms with E-state index in [-0.39, 0.29) is 5.91 Å². The zero-order valence-corrected chi connectivity index (χ0v) is 16.5. The van der Waals surface area contributed by atoms with Crippen molar-refractivity contribution in [3.05, 3.63) is 84.2 Å². The molecule has 0 saturated carbocycles. The van der Waals surface area contributed by atoms with Crippen molar-refractivity contribution in [2.24, 2.45) is 0 Å². The number of hydrogen-bond acceptors (Lipinski definition) is 4. The summed E-state index contributed by atoms with van der Waals surface area (Å²) < 4.78 is 3.78. The third-order valence-electron chi connectivity index (χ3n) is 4.19. The van der Waals surface area contributed by atoms with E-state index < -0.39 is 0 Å². The van der Waals surface area contributed by atoms with Crippen molar-refractivity contribution in [2.75, 3.05) is 11.6 Å². The number of aromatic nitrogens is 4. The van der Waals surface area contributed by atoms with Gasteiger partial charge in [0.05, 0.1) is 17.0 Å². The van der Waals surface area contributed by atoms with Gasteiger partial charge in [-0.3, -0.25) is 9.36 Å². The number of hydrogen-bond donors (Lipinski definition) is 1. The molecule has 0 aliphatic heterocycles. The second-order valence-electron chi connectivity index (χ2n) is 5.92. The molecular formula is C20H16ClN5OS. The summed E-state index contributed by atoms with van der Waals surface area (Å²) in [6.07, 6.45) is 10.8. The zero-order valence-electron chi connectivity index (χ0n) is 14.9. The van der Waals surface area contributed by atoms with Gasteiger partial charge >= 0.3 is 0 Å². The summed E-state index contributed by atoms with van der Waals surface area (Å²) in [4.78, 5) is 20.9. The molecule has 140 valence electrons. The molecule has 0 saturated heterocycles. The predicted molar refractivity (Wildman–Crippen MR) is 112 cm³/mol. The number of nitrogens with zero attached hydrogens (tertiary/aromatic N) is 4. The smallest absolute Gasteiger partial charge is 0.255 e. The number of thioether (sulfide) groups is 1. The molecule has 2 aromatic heterocycles. The number of nitrogens with one attached hydrogen (secondary N) is 1. The standard InChI is InChI=1S/C20H16ClN5OS/c1-28-20-23-9-11-26(20)16-5-2-14(3-6-16)19(27)24-15-4-7-18(17(21)12-15)25-10-8-22-13-25/h2-13H,1H3,(H,24,27). The third-order valence-corrected chi connectivity index (χ3v) is 5.16. The fraction of sp³-hybridized carbons (Fsp3) is 0.0500. The van der Waals surface area contributed by atoms with E-state index in [9.17, 15) is 4.79 Å². The topological polar surface area (TPSA) is 64.7 Å². The number of halogens is 1. The molecule has 0 radical (unpaired) electrons. The highest BCUT2D eigenvalue weighted by Gasteiger charge is 2.10. The highest BCUT2D eigenvalue weighted by Crippen LogP contribution is 2.25. The Morgan fingerprint density at radius 3 is 2.61 bits per heavy atom. The summed E-state index contributed by atoms with van der Waals surface area (Å²) in [5.41, 5.74) is 2.93. The summed E-state index contributed by atoms with van der Waals surface area (Å²) in [5.74, 6) is -0.200. The molecule has 2 heterocycles. The van der Waals surface area contributed by atoms with Crippen LogP contribution in [0.5, 0.6) is 0 Å². The van der Waals surface area contributed by atoms with Crippen molar-refractivity contribution in [2.45, 2.75) is 5.16 Å². The molecule has 28 heavy (non-hydrogen) atoms. The number of amides is 1. The summed E-state index contributed by atoms with van der Waals surface area (Å²) in [6.45, 7) is 0. The zero-order chi connectivity index (χ0) is 19.5. The minimum absolute atomic E-state index is 0.200. The van der Waals surface area contributed by atoms with Gasteiger partial charge in [0.25, 0.3) is 5.91 Å². The molecule has 0 aliphatic rings. The first-order valence-corrected chi connectivity index (χ1v) is 10.0. The van der Waals surface area contributed by atoms with Crippen LogP contribution in [0, 0.1) is 0 Å². The monoisotopic (exact) mass is 409 g/mol. The lowest BCUT2D eigenvalue weighted by molar-refractivity contribution is 0.102. The molecule has 4 aromatic rings. The van der Waals surface area contributed by atoms with Crippen LogP contribution in [0.25, 0.3) is 11.4 Å². The maximum atomic E-state index is 12.6. The molecule has 0 unspecified atom stereocenters. The molecule has 0 atom stereocenters. The number of carbonyl (C=O) groups excluding carboxylic acids is 1. The number of carbonyl (C=O) groups is 1. The van der Waals surface area contributed by atoms with Gasteiger partial charge in [-0.2, -0.15) is 0 Å². The van der Waals surface area contributed by atoms with Gasteiger partial charge in [-0.1, -0.05) is 23.4 Å². The fourth-order valence-corrected chi connectivity index (χ4v) is 3.62. The quantitative estimate of drug-likeness (QED) is 0.486. The van der Waals surface area contributed by atoms with Gasteiger partial charge in [0.15, 0.2) is 5.16 Å². The van der Waals surface area contributed by atoms with Crippen LogP contribution in [0.3, 0.4) is 0 Å². The van der Waals surface area contributed by atoms with E-state index in [0.29, 0.717) is 16.3 Å². The molecule has 1 amide bonds. The van der Waals surface area contributed by atoms with Gasteiger partial charge in [0.2, 0.25) is 0 Å². The normalized spacial score (nSPS) is 10.8. The van der Waals surface area contributed by atoms with E-state index in [1.807, 2.05) is 52.0 Å². The Kier molecular flexibility index (Phi) is 5.18. The van der Waals surface area contributed by atoms with Gasteiger partial charge in [-0.05, 0) is 48.7 Å². The number of benzene rings is 2. The molecule has 8 heteroatoms. The number of imidazole rings is 2. The van der Waals surface area contributed by atoms with Gasteiger partial charge in [0.1, 0.15) is 0 Å². The van der Waals surface area contributed by atoms with Crippen LogP contribution in [-0.4, -0.2) is 31.3 Å². The Labute approximate surface area is 171 Å². The molecule has 2 aromatic carbocycles. The number of rotatable bonds is 5. The van der Waals surface area contributed by atoms with Gasteiger partial charge in [0, 0.05) is 41.7 Å². The van der Waals surface area contributed by atoms with Crippen LogP contribution < -0.4 is 5.32 Å². The molecular weight excluding hydrogens is 394 g/mol. The first-order chi connectivity index (χ1) is 13.7. The van der Waals surface area contributed by atoms with E-state index in [2.05, 4.69) is 15.3 Å². The summed E-state index contributed by atoms with van der Waals surface area (Å²) in [6, 6.07) is 12.7. The van der Waals surface area contributed by atoms with E-state index in [0.717, 1.165) is 16.5 Å². The van der Waals surface area contributed by atoms with Crippen LogP contribution in [0.2, 0.25) is 5.02 Å². The maximum absolute atomic E-state index is 12.6. The largest absolute Gasteiger partial charge is 0.322 e. The summed E-state index contributed by atoms with van der Waals surface area (Å²) in [7, 11) is 0. The van der Waals surface area contributed by atoms with Crippen LogP contribution in [-0.2, 0) is 0 Å². The Morgan fingerprint density at radius 2 is 1.93 bits per heavy atom. The molecule has 0 spiro atoms.